The number of aliphatic carboxylic acids is 1. The molecule has 0 bridgehead atoms. The summed E-state index contributed by atoms with van der Waals surface area (Å²) in [6.07, 6.45) is -0.178. The van der Waals surface area contributed by atoms with E-state index in [0.29, 0.717) is 5.92 Å². The second kappa shape index (κ2) is 5.34. The van der Waals surface area contributed by atoms with Crippen LogP contribution in [0.25, 0.3) is 0 Å². The molecule has 100 valence electrons. The molecule has 0 amide bonds. The highest BCUT2D eigenvalue weighted by Crippen LogP contribution is 2.41. The van der Waals surface area contributed by atoms with Crippen molar-refractivity contribution in [1.82, 2.24) is 0 Å². The number of alkyl halides is 1. The van der Waals surface area contributed by atoms with Gasteiger partial charge in [-0.2, -0.15) is 0 Å². The van der Waals surface area contributed by atoms with E-state index in [2.05, 4.69) is 20.8 Å². The predicted octanol–water partition coefficient (Wildman–Crippen LogP) is 2.62. The van der Waals surface area contributed by atoms with E-state index in [9.17, 15) is 14.3 Å². The summed E-state index contributed by atoms with van der Waals surface area (Å²) in [5, 5.41) is 18.2. The van der Waals surface area contributed by atoms with Crippen molar-refractivity contribution in [3.63, 3.8) is 0 Å². The molecule has 2 N–H and O–H groups in total. The van der Waals surface area contributed by atoms with Gasteiger partial charge in [0.05, 0.1) is 6.10 Å². The molecule has 1 fully saturated rings. The first-order chi connectivity index (χ1) is 7.73. The molecular formula is C13H23FO3. The predicted molar refractivity (Wildman–Crippen MR) is 63.4 cm³/mol. The van der Waals surface area contributed by atoms with Gasteiger partial charge in [0.15, 0.2) is 0 Å². The Morgan fingerprint density at radius 3 is 2.06 bits per heavy atom. The largest absolute Gasteiger partial charge is 0.479 e. The zero-order chi connectivity index (χ0) is 13.2. The average molecular weight is 246 g/mol. The van der Waals surface area contributed by atoms with E-state index >= 15 is 0 Å². The first-order valence-corrected chi connectivity index (χ1v) is 6.28. The molecule has 1 saturated carbocycles. The van der Waals surface area contributed by atoms with Crippen molar-refractivity contribution in [2.24, 2.45) is 17.3 Å². The summed E-state index contributed by atoms with van der Waals surface area (Å²) >= 11 is 0. The minimum atomic E-state index is -2.15. The van der Waals surface area contributed by atoms with Crippen LogP contribution in [0, 0.1) is 17.3 Å². The van der Waals surface area contributed by atoms with Gasteiger partial charge in [-0.25, -0.2) is 9.18 Å². The lowest BCUT2D eigenvalue weighted by molar-refractivity contribution is -0.149. The van der Waals surface area contributed by atoms with Crippen LogP contribution in [0.2, 0.25) is 0 Å². The number of carboxylic acids is 1. The van der Waals surface area contributed by atoms with Gasteiger partial charge in [-0.15, -0.1) is 0 Å². The van der Waals surface area contributed by atoms with Crippen LogP contribution in [0.4, 0.5) is 4.39 Å². The van der Waals surface area contributed by atoms with Gasteiger partial charge in [0, 0.05) is 0 Å². The molecule has 0 heterocycles. The summed E-state index contributed by atoms with van der Waals surface area (Å²) in [4.78, 5) is 10.5. The maximum atomic E-state index is 13.2. The third kappa shape index (κ3) is 3.66. The fourth-order valence-electron chi connectivity index (χ4n) is 2.71. The van der Waals surface area contributed by atoms with E-state index in [4.69, 9.17) is 5.11 Å². The lowest BCUT2D eigenvalue weighted by Crippen LogP contribution is -2.39. The van der Waals surface area contributed by atoms with E-state index < -0.39 is 18.2 Å². The minimum absolute atomic E-state index is 0.209. The molecule has 0 aromatic rings. The van der Waals surface area contributed by atoms with Crippen LogP contribution in [0.3, 0.4) is 0 Å². The van der Waals surface area contributed by atoms with E-state index in [1.165, 1.54) is 0 Å². The van der Waals surface area contributed by atoms with E-state index in [-0.39, 0.29) is 11.3 Å². The summed E-state index contributed by atoms with van der Waals surface area (Å²) in [5.74, 6) is -1.19. The van der Waals surface area contributed by atoms with Gasteiger partial charge in [0.25, 0.3) is 0 Å². The molecule has 1 aliphatic carbocycles. The molecule has 1 aliphatic rings. The lowest BCUT2D eigenvalue weighted by Gasteiger charge is -2.38. The molecule has 0 aromatic heterocycles. The van der Waals surface area contributed by atoms with Crippen LogP contribution in [0.5, 0.6) is 0 Å². The number of aliphatic hydroxyl groups is 1. The Hall–Kier alpha value is -0.640. The Balaban J connectivity index is 2.49. The molecule has 4 heteroatoms. The lowest BCUT2D eigenvalue weighted by atomic mass is 9.68. The van der Waals surface area contributed by atoms with Gasteiger partial charge in [-0.1, -0.05) is 20.8 Å². The van der Waals surface area contributed by atoms with Gasteiger partial charge >= 0.3 is 5.97 Å². The van der Waals surface area contributed by atoms with E-state index in [1.807, 2.05) is 0 Å². The number of hydrogen-bond acceptors (Lipinski definition) is 2. The minimum Gasteiger partial charge on any atom is -0.479 e. The van der Waals surface area contributed by atoms with Gasteiger partial charge in [0.2, 0.25) is 6.17 Å². The zero-order valence-corrected chi connectivity index (χ0v) is 10.8. The molecule has 2 atom stereocenters. The third-order valence-corrected chi connectivity index (χ3v) is 4.02. The zero-order valence-electron chi connectivity index (χ0n) is 10.8. The number of carbonyl (C=O) groups is 1. The van der Waals surface area contributed by atoms with Crippen molar-refractivity contribution >= 4 is 5.97 Å². The monoisotopic (exact) mass is 246 g/mol. The highest BCUT2D eigenvalue weighted by molar-refractivity contribution is 5.72. The van der Waals surface area contributed by atoms with Crippen LogP contribution in [0.15, 0.2) is 0 Å². The molecule has 2 unspecified atom stereocenters. The third-order valence-electron chi connectivity index (χ3n) is 4.02. The van der Waals surface area contributed by atoms with Crippen molar-refractivity contribution in [3.05, 3.63) is 0 Å². The standard InChI is InChI=1S/C13H23FO3/c1-13(2,3)9-6-4-8(5-7-9)11(15)10(14)12(16)17/h8-11,15H,4-7H2,1-3H3,(H,16,17). The Morgan fingerprint density at radius 2 is 1.71 bits per heavy atom. The first-order valence-electron chi connectivity index (χ1n) is 6.28. The molecule has 0 saturated heterocycles. The smallest absolute Gasteiger partial charge is 0.341 e. The molecule has 17 heavy (non-hydrogen) atoms. The average Bonchev–Trinajstić information content (AvgIpc) is 2.26. The Kier molecular flexibility index (Phi) is 4.53. The number of halogens is 1. The molecule has 0 radical (unpaired) electrons. The van der Waals surface area contributed by atoms with E-state index in [0.717, 1.165) is 25.7 Å². The van der Waals surface area contributed by atoms with Gasteiger partial charge < -0.3 is 10.2 Å². The van der Waals surface area contributed by atoms with Crippen LogP contribution in [0.1, 0.15) is 46.5 Å². The number of hydrogen-bond donors (Lipinski definition) is 2. The SMILES string of the molecule is CC(C)(C)C1CCC(C(O)C(F)C(=O)O)CC1. The van der Waals surface area contributed by atoms with Crippen LogP contribution < -0.4 is 0 Å². The van der Waals surface area contributed by atoms with Gasteiger partial charge in [-0.05, 0) is 42.9 Å². The van der Waals surface area contributed by atoms with Gasteiger partial charge in [-0.3, -0.25) is 0 Å². The number of rotatable bonds is 3. The van der Waals surface area contributed by atoms with Crippen LogP contribution in [-0.2, 0) is 4.79 Å². The number of aliphatic hydroxyl groups excluding tert-OH is 1. The quantitative estimate of drug-likeness (QED) is 0.804. The van der Waals surface area contributed by atoms with Gasteiger partial charge in [0.1, 0.15) is 0 Å². The molecule has 0 spiro atoms. The highest BCUT2D eigenvalue weighted by atomic mass is 19.1. The van der Waals surface area contributed by atoms with Crippen molar-refractivity contribution in [2.75, 3.05) is 0 Å². The highest BCUT2D eigenvalue weighted by Gasteiger charge is 2.37. The molecule has 1 rings (SSSR count). The summed E-state index contributed by atoms with van der Waals surface area (Å²) in [6.45, 7) is 6.55. The topological polar surface area (TPSA) is 57.5 Å². The van der Waals surface area contributed by atoms with Crippen molar-refractivity contribution < 1.29 is 19.4 Å². The molecule has 0 aliphatic heterocycles. The maximum Gasteiger partial charge on any atom is 0.341 e. The maximum absolute atomic E-state index is 13.2. The molecule has 3 nitrogen and oxygen atoms in total. The molecule has 0 aromatic carbocycles. The molecular weight excluding hydrogens is 223 g/mol. The number of carboxylic acid groups (broad SMARTS) is 1. The van der Waals surface area contributed by atoms with Crippen molar-refractivity contribution in [1.29, 1.82) is 0 Å². The second-order valence-electron chi connectivity index (χ2n) is 6.21. The fourth-order valence-corrected chi connectivity index (χ4v) is 2.71. The summed E-state index contributed by atoms with van der Waals surface area (Å²) in [5.41, 5.74) is 0.234. The summed E-state index contributed by atoms with van der Waals surface area (Å²) in [7, 11) is 0. The van der Waals surface area contributed by atoms with Crippen LogP contribution in [-0.4, -0.2) is 28.5 Å². The van der Waals surface area contributed by atoms with E-state index in [1.54, 1.807) is 0 Å². The van der Waals surface area contributed by atoms with Crippen molar-refractivity contribution in [3.8, 4) is 0 Å². The first kappa shape index (κ1) is 14.4. The van der Waals surface area contributed by atoms with Crippen LogP contribution >= 0.6 is 0 Å². The normalized spacial score (nSPS) is 29.7. The Bertz CT molecular complexity index is 264. The second-order valence-corrected chi connectivity index (χ2v) is 6.21. The summed E-state index contributed by atoms with van der Waals surface area (Å²) < 4.78 is 13.2. The Labute approximate surface area is 102 Å². The summed E-state index contributed by atoms with van der Waals surface area (Å²) in [6, 6.07) is 0. The fraction of sp³-hybridized carbons (Fsp3) is 0.923. The Morgan fingerprint density at radius 1 is 1.24 bits per heavy atom. The van der Waals surface area contributed by atoms with Crippen molar-refractivity contribution in [2.45, 2.75) is 58.7 Å².